The van der Waals surface area contributed by atoms with Gasteiger partial charge >= 0.3 is 0 Å². The third-order valence-electron chi connectivity index (χ3n) is 10.7. The Morgan fingerprint density at radius 2 is 0.745 bits per heavy atom. The van der Waals surface area contributed by atoms with Gasteiger partial charge in [0.2, 0.25) is 0 Å². The lowest BCUT2D eigenvalue weighted by molar-refractivity contribution is 1.18. The van der Waals surface area contributed by atoms with Crippen molar-refractivity contribution in [3.05, 3.63) is 176 Å². The molecule has 11 aromatic rings. The Bertz CT molecular complexity index is 2950. The SMILES string of the molecule is c1ccc2c(c1)[nH]c1c(-c3cc(-c4ccc(-n5c6ccccc6c6ccccc65)cc4)cc(-c4cccc5c4[nH]c4ccccc45)c3)cccc12. The largest absolute Gasteiger partial charge is 0.354 e. The van der Waals surface area contributed by atoms with Gasteiger partial charge in [-0.2, -0.15) is 0 Å². The Kier molecular flexibility index (Phi) is 5.96. The molecule has 11 rings (SSSR count). The fraction of sp³-hybridized carbons (Fsp3) is 0. The van der Waals surface area contributed by atoms with Crippen LogP contribution in [0.4, 0.5) is 0 Å². The van der Waals surface area contributed by atoms with Crippen LogP contribution in [-0.4, -0.2) is 14.5 Å². The second-order valence-corrected chi connectivity index (χ2v) is 13.5. The molecule has 0 bridgehead atoms. The number of hydrogen-bond acceptors (Lipinski definition) is 0. The van der Waals surface area contributed by atoms with E-state index >= 15 is 0 Å². The van der Waals surface area contributed by atoms with Gasteiger partial charge in [0, 0.05) is 60.2 Å². The summed E-state index contributed by atoms with van der Waals surface area (Å²) in [6.07, 6.45) is 0. The van der Waals surface area contributed by atoms with Gasteiger partial charge in [-0.3, -0.25) is 0 Å². The molecule has 3 heterocycles. The predicted molar refractivity (Wildman–Crippen MR) is 216 cm³/mol. The van der Waals surface area contributed by atoms with Crippen LogP contribution in [0.3, 0.4) is 0 Å². The second-order valence-electron chi connectivity index (χ2n) is 13.5. The van der Waals surface area contributed by atoms with E-state index in [1.165, 1.54) is 76.7 Å². The average Bonchev–Trinajstić information content (AvgIpc) is 3.87. The van der Waals surface area contributed by atoms with Gasteiger partial charge in [-0.05, 0) is 76.9 Å². The van der Waals surface area contributed by atoms with Gasteiger partial charge in [-0.15, -0.1) is 0 Å². The molecule has 3 nitrogen and oxygen atoms in total. The Balaban J connectivity index is 1.13. The highest BCUT2D eigenvalue weighted by molar-refractivity contribution is 6.14. The molecule has 0 aliphatic rings. The molecule has 0 aliphatic carbocycles. The number of aromatic amines is 2. The van der Waals surface area contributed by atoms with Crippen LogP contribution >= 0.6 is 0 Å². The lowest BCUT2D eigenvalue weighted by Gasteiger charge is -2.14. The number of para-hydroxylation sites is 6. The Hall–Kier alpha value is -6.84. The lowest BCUT2D eigenvalue weighted by Crippen LogP contribution is -1.94. The van der Waals surface area contributed by atoms with Crippen LogP contribution in [0.15, 0.2) is 176 Å². The highest BCUT2D eigenvalue weighted by Crippen LogP contribution is 2.41. The van der Waals surface area contributed by atoms with Gasteiger partial charge in [0.15, 0.2) is 0 Å². The fourth-order valence-corrected chi connectivity index (χ4v) is 8.34. The summed E-state index contributed by atoms with van der Waals surface area (Å²) in [6.45, 7) is 0. The van der Waals surface area contributed by atoms with Crippen molar-refractivity contribution in [2.45, 2.75) is 0 Å². The molecule has 238 valence electrons. The number of aromatic nitrogens is 3. The topological polar surface area (TPSA) is 36.5 Å². The van der Waals surface area contributed by atoms with E-state index < -0.39 is 0 Å². The minimum atomic E-state index is 1.15. The number of rotatable bonds is 4. The van der Waals surface area contributed by atoms with E-state index in [0.29, 0.717) is 0 Å². The van der Waals surface area contributed by atoms with Crippen molar-refractivity contribution in [1.82, 2.24) is 14.5 Å². The lowest BCUT2D eigenvalue weighted by atomic mass is 9.91. The molecule has 51 heavy (non-hydrogen) atoms. The first kappa shape index (κ1) is 28.0. The molecular formula is C48H31N3. The summed E-state index contributed by atoms with van der Waals surface area (Å²) < 4.78 is 2.38. The molecular weight excluding hydrogens is 619 g/mol. The maximum atomic E-state index is 3.75. The van der Waals surface area contributed by atoms with Gasteiger partial charge in [-0.1, -0.05) is 121 Å². The van der Waals surface area contributed by atoms with Gasteiger partial charge in [0.1, 0.15) is 0 Å². The van der Waals surface area contributed by atoms with Gasteiger partial charge < -0.3 is 14.5 Å². The zero-order chi connectivity index (χ0) is 33.5. The number of benzene rings is 8. The summed E-state index contributed by atoms with van der Waals surface area (Å²) in [6, 6.07) is 64.0. The first-order valence-electron chi connectivity index (χ1n) is 17.5. The second kappa shape index (κ2) is 10.8. The molecule has 0 spiro atoms. The van der Waals surface area contributed by atoms with Gasteiger partial charge in [-0.25, -0.2) is 0 Å². The Morgan fingerprint density at radius 3 is 1.27 bits per heavy atom. The quantitative estimate of drug-likeness (QED) is 0.190. The van der Waals surface area contributed by atoms with Crippen molar-refractivity contribution >= 4 is 65.4 Å². The van der Waals surface area contributed by atoms with Crippen LogP contribution in [0.2, 0.25) is 0 Å². The number of H-pyrrole nitrogens is 2. The van der Waals surface area contributed by atoms with Crippen molar-refractivity contribution < 1.29 is 0 Å². The summed E-state index contributed by atoms with van der Waals surface area (Å²) in [5, 5.41) is 7.51. The number of nitrogens with zero attached hydrogens (tertiary/aromatic N) is 1. The van der Waals surface area contributed by atoms with Crippen LogP contribution < -0.4 is 0 Å². The van der Waals surface area contributed by atoms with Crippen LogP contribution in [-0.2, 0) is 0 Å². The monoisotopic (exact) mass is 649 g/mol. The molecule has 0 saturated heterocycles. The predicted octanol–water partition coefficient (Wildman–Crippen LogP) is 13.1. The number of nitrogens with one attached hydrogen (secondary N) is 2. The molecule has 2 N–H and O–H groups in total. The summed E-state index contributed by atoms with van der Waals surface area (Å²) in [4.78, 5) is 7.51. The summed E-state index contributed by atoms with van der Waals surface area (Å²) in [5.41, 5.74) is 15.3. The molecule has 0 atom stereocenters. The highest BCUT2D eigenvalue weighted by atomic mass is 15.0. The Labute approximate surface area is 294 Å². The minimum absolute atomic E-state index is 1.15. The van der Waals surface area contributed by atoms with Gasteiger partial charge in [0.05, 0.1) is 22.1 Å². The summed E-state index contributed by atoms with van der Waals surface area (Å²) in [5.74, 6) is 0. The number of fused-ring (bicyclic) bond motifs is 9. The van der Waals surface area contributed by atoms with Crippen molar-refractivity contribution in [3.8, 4) is 39.1 Å². The van der Waals surface area contributed by atoms with E-state index in [4.69, 9.17) is 0 Å². The van der Waals surface area contributed by atoms with Gasteiger partial charge in [0.25, 0.3) is 0 Å². The van der Waals surface area contributed by atoms with E-state index in [2.05, 4.69) is 190 Å². The smallest absolute Gasteiger partial charge is 0.0544 e. The maximum Gasteiger partial charge on any atom is 0.0544 e. The number of hydrogen-bond donors (Lipinski definition) is 2. The van der Waals surface area contributed by atoms with E-state index in [1.807, 2.05) is 0 Å². The molecule has 3 aromatic heterocycles. The standard InChI is InChI=1S/C48H31N3/c1-5-19-43-37(11-1)41-17-9-15-35(47(41)49-43)32-27-31(28-33(29-32)36-16-10-18-42-38-12-2-6-20-44(38)50-48(36)42)30-23-25-34(26-24-30)51-45-21-7-3-13-39(45)40-14-4-8-22-46(40)51/h1-29,49-50H. The zero-order valence-electron chi connectivity index (χ0n) is 27.7. The van der Waals surface area contributed by atoms with Crippen LogP contribution in [0, 0.1) is 0 Å². The minimum Gasteiger partial charge on any atom is -0.354 e. The highest BCUT2D eigenvalue weighted by Gasteiger charge is 2.16. The molecule has 0 amide bonds. The van der Waals surface area contributed by atoms with E-state index in [1.54, 1.807) is 0 Å². The Morgan fingerprint density at radius 1 is 0.314 bits per heavy atom. The molecule has 8 aromatic carbocycles. The van der Waals surface area contributed by atoms with Crippen LogP contribution in [0.25, 0.3) is 104 Å². The molecule has 0 fully saturated rings. The molecule has 0 unspecified atom stereocenters. The average molecular weight is 650 g/mol. The van der Waals surface area contributed by atoms with Crippen LogP contribution in [0.5, 0.6) is 0 Å². The first-order chi connectivity index (χ1) is 25.3. The summed E-state index contributed by atoms with van der Waals surface area (Å²) in [7, 11) is 0. The molecule has 3 heteroatoms. The zero-order valence-corrected chi connectivity index (χ0v) is 27.7. The van der Waals surface area contributed by atoms with Crippen molar-refractivity contribution in [2.24, 2.45) is 0 Å². The molecule has 0 aliphatic heterocycles. The molecule has 0 saturated carbocycles. The summed E-state index contributed by atoms with van der Waals surface area (Å²) >= 11 is 0. The van der Waals surface area contributed by atoms with Crippen molar-refractivity contribution in [1.29, 1.82) is 0 Å². The fourth-order valence-electron chi connectivity index (χ4n) is 8.34. The maximum absolute atomic E-state index is 3.75. The molecule has 0 radical (unpaired) electrons. The third kappa shape index (κ3) is 4.25. The van der Waals surface area contributed by atoms with Crippen molar-refractivity contribution in [2.75, 3.05) is 0 Å². The van der Waals surface area contributed by atoms with E-state index in [-0.39, 0.29) is 0 Å². The first-order valence-corrected chi connectivity index (χ1v) is 17.5. The van der Waals surface area contributed by atoms with Crippen LogP contribution in [0.1, 0.15) is 0 Å². The normalized spacial score (nSPS) is 11.9. The van der Waals surface area contributed by atoms with E-state index in [9.17, 15) is 0 Å². The van der Waals surface area contributed by atoms with Crippen molar-refractivity contribution in [3.63, 3.8) is 0 Å². The van der Waals surface area contributed by atoms with E-state index in [0.717, 1.165) is 27.8 Å². The third-order valence-corrected chi connectivity index (χ3v) is 10.7.